The number of methoxy groups -OCH3 is 3. The van der Waals surface area contributed by atoms with Crippen LogP contribution in [0.1, 0.15) is 51.9 Å². The normalized spacial score (nSPS) is 11.1. The maximum absolute atomic E-state index is 13.6. The van der Waals surface area contributed by atoms with Gasteiger partial charge in [0.1, 0.15) is 40.1 Å². The molecule has 0 N–H and O–H groups in total. The third-order valence-electron chi connectivity index (χ3n) is 4.32. The predicted octanol–water partition coefficient (Wildman–Crippen LogP) is 4.57. The summed E-state index contributed by atoms with van der Waals surface area (Å²) in [5, 5.41) is 0.665. The standard InChI is InChI=1S/C25H35O7P.Li.H/c1-14(2)30-18-12-21(31-15(3)4)24(22(13-18)32-16(5)6)33-25(26)23-19(28-8)10-17(27-7)11-20(23)29-9;;/h10-16,33H,1-9H3;;. The van der Waals surface area contributed by atoms with Crippen LogP contribution in [0.25, 0.3) is 0 Å². The number of rotatable bonds is 12. The Labute approximate surface area is 216 Å². The number of hydrogen-bond acceptors (Lipinski definition) is 7. The molecule has 0 aliphatic rings. The van der Waals surface area contributed by atoms with E-state index in [2.05, 4.69) is 0 Å². The first-order chi connectivity index (χ1) is 15.6. The Morgan fingerprint density at radius 3 is 1.41 bits per heavy atom. The molecule has 0 amide bonds. The summed E-state index contributed by atoms with van der Waals surface area (Å²) >= 11 is 0. The summed E-state index contributed by atoms with van der Waals surface area (Å²) in [6.45, 7) is 11.6. The van der Waals surface area contributed by atoms with E-state index in [4.69, 9.17) is 28.4 Å². The second kappa shape index (κ2) is 13.7. The Morgan fingerprint density at radius 1 is 0.647 bits per heavy atom. The Kier molecular flexibility index (Phi) is 12.1. The Hall–Kier alpha value is -2.06. The average Bonchev–Trinajstić information content (AvgIpc) is 2.73. The monoisotopic (exact) mass is 486 g/mol. The number of ether oxygens (including phenoxy) is 6. The van der Waals surface area contributed by atoms with E-state index in [0.29, 0.717) is 45.4 Å². The second-order valence-corrected chi connectivity index (χ2v) is 9.36. The van der Waals surface area contributed by atoms with Crippen molar-refractivity contribution in [3.05, 3.63) is 29.8 Å². The van der Waals surface area contributed by atoms with E-state index in [1.807, 2.05) is 53.7 Å². The van der Waals surface area contributed by atoms with Crippen LogP contribution >= 0.6 is 8.58 Å². The van der Waals surface area contributed by atoms with Crippen LogP contribution in [-0.4, -0.2) is 64.0 Å². The first kappa shape index (κ1) is 30.0. The van der Waals surface area contributed by atoms with Crippen molar-refractivity contribution >= 4 is 38.3 Å². The van der Waals surface area contributed by atoms with Gasteiger partial charge in [-0.15, -0.1) is 0 Å². The van der Waals surface area contributed by atoms with Crippen molar-refractivity contribution in [1.29, 1.82) is 0 Å². The maximum atomic E-state index is 13.6. The van der Waals surface area contributed by atoms with Crippen molar-refractivity contribution in [2.45, 2.75) is 59.9 Å². The van der Waals surface area contributed by atoms with Crippen molar-refractivity contribution in [1.82, 2.24) is 0 Å². The van der Waals surface area contributed by atoms with Crippen LogP contribution in [0.2, 0.25) is 0 Å². The van der Waals surface area contributed by atoms with Gasteiger partial charge in [-0.3, -0.25) is 4.79 Å². The van der Waals surface area contributed by atoms with Crippen molar-refractivity contribution in [2.75, 3.05) is 21.3 Å². The molecular formula is C25H36LiO7P. The first-order valence-electron chi connectivity index (χ1n) is 10.9. The van der Waals surface area contributed by atoms with Crippen molar-refractivity contribution in [2.24, 2.45) is 0 Å². The molecule has 1 unspecified atom stereocenters. The third kappa shape index (κ3) is 8.01. The molecule has 34 heavy (non-hydrogen) atoms. The minimum atomic E-state index is -0.304. The van der Waals surface area contributed by atoms with E-state index in [0.717, 1.165) is 0 Å². The Bertz CT molecular complexity index is 904. The number of benzene rings is 2. The van der Waals surface area contributed by atoms with Gasteiger partial charge in [-0.25, -0.2) is 0 Å². The van der Waals surface area contributed by atoms with Gasteiger partial charge in [0, 0.05) is 24.3 Å². The Balaban J connectivity index is 0.00000578. The summed E-state index contributed by atoms with van der Waals surface area (Å²) in [4.78, 5) is 13.6. The molecule has 0 aromatic heterocycles. The van der Waals surface area contributed by atoms with Crippen LogP contribution in [0, 0.1) is 0 Å². The van der Waals surface area contributed by atoms with Crippen molar-refractivity contribution < 1.29 is 33.2 Å². The van der Waals surface area contributed by atoms with Gasteiger partial charge in [0.15, 0.2) is 5.52 Å². The van der Waals surface area contributed by atoms with Gasteiger partial charge >= 0.3 is 18.9 Å². The molecule has 9 heteroatoms. The van der Waals surface area contributed by atoms with Gasteiger partial charge < -0.3 is 28.4 Å². The predicted molar refractivity (Wildman–Crippen MR) is 139 cm³/mol. The van der Waals surface area contributed by atoms with Gasteiger partial charge in [0.2, 0.25) is 0 Å². The molecule has 0 bridgehead atoms. The molecule has 7 nitrogen and oxygen atoms in total. The molecule has 0 spiro atoms. The van der Waals surface area contributed by atoms with Crippen LogP contribution in [0.4, 0.5) is 0 Å². The van der Waals surface area contributed by atoms with Crippen molar-refractivity contribution in [3.8, 4) is 34.5 Å². The van der Waals surface area contributed by atoms with Gasteiger partial charge in [0.25, 0.3) is 0 Å². The summed E-state index contributed by atoms with van der Waals surface area (Å²) in [5.74, 6) is 3.01. The molecule has 0 saturated heterocycles. The SMILES string of the molecule is COc1cc(OC)c(C(=O)Pc2c(OC(C)C)cc(OC(C)C)cc2OC(C)C)c(OC)c1.[LiH]. The molecule has 2 rings (SSSR count). The van der Waals surface area contributed by atoms with Gasteiger partial charge in [-0.05, 0) is 50.1 Å². The minimum absolute atomic E-state index is 0. The molecule has 0 aliphatic carbocycles. The molecule has 2 aromatic carbocycles. The molecule has 0 aliphatic heterocycles. The fraction of sp³-hybridized carbons (Fsp3) is 0.480. The molecule has 0 fully saturated rings. The van der Waals surface area contributed by atoms with Crippen LogP contribution < -0.4 is 33.7 Å². The van der Waals surface area contributed by atoms with Crippen LogP contribution in [0.5, 0.6) is 34.5 Å². The van der Waals surface area contributed by atoms with Gasteiger partial charge in [-0.1, -0.05) is 0 Å². The van der Waals surface area contributed by atoms with E-state index in [1.54, 1.807) is 19.2 Å². The summed E-state index contributed by atoms with van der Waals surface area (Å²) < 4.78 is 34.3. The van der Waals surface area contributed by atoms with Crippen LogP contribution in [-0.2, 0) is 0 Å². The van der Waals surface area contributed by atoms with Crippen molar-refractivity contribution in [3.63, 3.8) is 0 Å². The van der Waals surface area contributed by atoms with E-state index in [1.165, 1.54) is 14.2 Å². The van der Waals surface area contributed by atoms with Gasteiger partial charge in [0.05, 0.1) is 44.9 Å². The average molecular weight is 486 g/mol. The second-order valence-electron chi connectivity index (χ2n) is 8.16. The van der Waals surface area contributed by atoms with E-state index in [9.17, 15) is 4.79 Å². The Morgan fingerprint density at radius 2 is 1.06 bits per heavy atom. The first-order valence-corrected chi connectivity index (χ1v) is 11.9. The summed E-state index contributed by atoms with van der Waals surface area (Å²) in [5.41, 5.74) is 0.165. The van der Waals surface area contributed by atoms with E-state index < -0.39 is 0 Å². The zero-order valence-electron chi connectivity index (χ0n) is 20.9. The molecule has 2 aromatic rings. The zero-order valence-corrected chi connectivity index (χ0v) is 21.9. The quantitative estimate of drug-likeness (QED) is 0.322. The topological polar surface area (TPSA) is 72.5 Å². The zero-order chi connectivity index (χ0) is 24.7. The fourth-order valence-corrected chi connectivity index (χ4v) is 4.24. The molecule has 184 valence electrons. The number of carbonyl (C=O) groups is 1. The molecular weight excluding hydrogens is 450 g/mol. The third-order valence-corrected chi connectivity index (χ3v) is 5.54. The number of carbonyl (C=O) groups excluding carboxylic acids is 1. The number of hydrogen-bond donors (Lipinski definition) is 0. The van der Waals surface area contributed by atoms with Crippen LogP contribution in [0.15, 0.2) is 24.3 Å². The molecule has 0 saturated carbocycles. The van der Waals surface area contributed by atoms with Crippen LogP contribution in [0.3, 0.4) is 0 Å². The summed E-state index contributed by atoms with van der Waals surface area (Å²) in [6, 6.07) is 6.95. The molecule has 0 heterocycles. The molecule has 0 radical (unpaired) electrons. The summed E-state index contributed by atoms with van der Waals surface area (Å²) in [7, 11) is 4.25. The van der Waals surface area contributed by atoms with E-state index in [-0.39, 0.29) is 51.3 Å². The van der Waals surface area contributed by atoms with Gasteiger partial charge in [-0.2, -0.15) is 0 Å². The fourth-order valence-electron chi connectivity index (χ4n) is 3.13. The van der Waals surface area contributed by atoms with E-state index >= 15 is 0 Å². The molecule has 1 atom stereocenters. The summed E-state index contributed by atoms with van der Waals surface area (Å²) in [6.07, 6.45) is -0.226.